The largest absolute Gasteiger partial charge is 0.363 e. The Bertz CT molecular complexity index is 1150. The fraction of sp³-hybridized carbons (Fsp3) is 0.375. The Morgan fingerprint density at radius 3 is 2.56 bits per heavy atom. The number of halogens is 1. The van der Waals surface area contributed by atoms with Crippen LogP contribution in [-0.2, 0) is 0 Å². The molecule has 3 aliphatic rings. The van der Waals surface area contributed by atoms with Gasteiger partial charge in [-0.05, 0) is 68.4 Å². The Hall–Kier alpha value is -3.42. The molecule has 6 rings (SSSR count). The third kappa shape index (κ3) is 3.81. The molecule has 164 valence electrons. The molecule has 3 atom stereocenters. The van der Waals surface area contributed by atoms with E-state index in [1.54, 1.807) is 30.9 Å². The lowest BCUT2D eigenvalue weighted by Crippen LogP contribution is -2.60. The molecule has 0 aromatic carbocycles. The SMILES string of the molecule is Cc1cnc(NC2CC3CCC2N(C(=O)c2cc(C)cnc2-c2ncccn2)C3)c(F)c1. The third-order valence-corrected chi connectivity index (χ3v) is 6.37. The van der Waals surface area contributed by atoms with Gasteiger partial charge in [-0.1, -0.05) is 0 Å². The molecular weight excluding hydrogens is 407 g/mol. The van der Waals surface area contributed by atoms with E-state index in [4.69, 9.17) is 0 Å². The van der Waals surface area contributed by atoms with E-state index in [0.29, 0.717) is 29.5 Å². The Morgan fingerprint density at radius 2 is 1.81 bits per heavy atom. The van der Waals surface area contributed by atoms with Crippen LogP contribution in [0.4, 0.5) is 10.2 Å². The number of rotatable bonds is 4. The third-order valence-electron chi connectivity index (χ3n) is 6.37. The number of carbonyl (C=O) groups excluding carboxylic acids is 1. The minimum Gasteiger partial charge on any atom is -0.363 e. The van der Waals surface area contributed by atoms with Gasteiger partial charge >= 0.3 is 0 Å². The van der Waals surface area contributed by atoms with Gasteiger partial charge in [0.1, 0.15) is 5.69 Å². The highest BCUT2D eigenvalue weighted by Gasteiger charge is 2.44. The number of hydrogen-bond acceptors (Lipinski definition) is 6. The molecule has 1 amide bonds. The van der Waals surface area contributed by atoms with Crippen molar-refractivity contribution in [3.05, 3.63) is 65.5 Å². The van der Waals surface area contributed by atoms with Crippen LogP contribution in [0.3, 0.4) is 0 Å². The van der Waals surface area contributed by atoms with Gasteiger partial charge in [0.25, 0.3) is 5.91 Å². The van der Waals surface area contributed by atoms with Crippen molar-refractivity contribution in [2.24, 2.45) is 5.92 Å². The van der Waals surface area contributed by atoms with Crippen molar-refractivity contribution in [3.8, 4) is 11.5 Å². The van der Waals surface area contributed by atoms with E-state index in [0.717, 1.165) is 30.4 Å². The van der Waals surface area contributed by atoms with E-state index in [1.165, 1.54) is 6.07 Å². The van der Waals surface area contributed by atoms with Crippen LogP contribution >= 0.6 is 0 Å². The van der Waals surface area contributed by atoms with E-state index < -0.39 is 0 Å². The molecule has 3 unspecified atom stereocenters. The highest BCUT2D eigenvalue weighted by Crippen LogP contribution is 2.38. The second-order valence-corrected chi connectivity index (χ2v) is 8.78. The number of pyridine rings is 2. The molecule has 5 heterocycles. The smallest absolute Gasteiger partial charge is 0.256 e. The summed E-state index contributed by atoms with van der Waals surface area (Å²) in [6, 6.07) is 4.97. The Labute approximate surface area is 186 Å². The molecule has 1 saturated carbocycles. The lowest BCUT2D eigenvalue weighted by molar-refractivity contribution is 0.0281. The van der Waals surface area contributed by atoms with Crippen molar-refractivity contribution in [1.82, 2.24) is 24.8 Å². The predicted molar refractivity (Wildman–Crippen MR) is 119 cm³/mol. The van der Waals surface area contributed by atoms with Crippen LogP contribution in [0.1, 0.15) is 40.7 Å². The van der Waals surface area contributed by atoms with Gasteiger partial charge in [-0.3, -0.25) is 9.78 Å². The number of nitrogens with zero attached hydrogens (tertiary/aromatic N) is 5. The summed E-state index contributed by atoms with van der Waals surface area (Å²) in [6.45, 7) is 4.42. The fourth-order valence-electron chi connectivity index (χ4n) is 4.88. The number of amides is 1. The van der Waals surface area contributed by atoms with E-state index in [2.05, 4.69) is 25.3 Å². The number of fused-ring (bicyclic) bond motifs is 3. The van der Waals surface area contributed by atoms with Gasteiger partial charge < -0.3 is 10.2 Å². The van der Waals surface area contributed by atoms with Gasteiger partial charge in [-0.15, -0.1) is 0 Å². The Morgan fingerprint density at radius 1 is 1.06 bits per heavy atom. The van der Waals surface area contributed by atoms with E-state index >= 15 is 0 Å². The molecule has 3 aromatic rings. The summed E-state index contributed by atoms with van der Waals surface area (Å²) in [5.74, 6) is 0.594. The molecule has 1 N–H and O–H groups in total. The van der Waals surface area contributed by atoms with Crippen molar-refractivity contribution in [2.45, 2.75) is 45.2 Å². The van der Waals surface area contributed by atoms with Crippen LogP contribution in [0.15, 0.2) is 43.0 Å². The van der Waals surface area contributed by atoms with Crippen LogP contribution in [0, 0.1) is 25.6 Å². The summed E-state index contributed by atoms with van der Waals surface area (Å²) in [7, 11) is 0. The number of hydrogen-bond donors (Lipinski definition) is 1. The topological polar surface area (TPSA) is 83.9 Å². The van der Waals surface area contributed by atoms with Crippen molar-refractivity contribution < 1.29 is 9.18 Å². The first kappa shape index (κ1) is 20.5. The first-order chi connectivity index (χ1) is 15.5. The van der Waals surface area contributed by atoms with Gasteiger partial charge in [-0.2, -0.15) is 0 Å². The van der Waals surface area contributed by atoms with E-state index in [1.807, 2.05) is 24.8 Å². The number of nitrogens with one attached hydrogen (secondary N) is 1. The lowest BCUT2D eigenvalue weighted by Gasteiger charge is -2.50. The van der Waals surface area contributed by atoms with Crippen molar-refractivity contribution in [1.29, 1.82) is 0 Å². The minimum absolute atomic E-state index is 0.0416. The van der Waals surface area contributed by atoms with Crippen LogP contribution in [-0.4, -0.2) is 49.4 Å². The summed E-state index contributed by atoms with van der Waals surface area (Å²) >= 11 is 0. The number of aryl methyl sites for hydroxylation is 2. The summed E-state index contributed by atoms with van der Waals surface area (Å²) in [5, 5.41) is 3.28. The molecule has 0 radical (unpaired) electrons. The molecule has 0 spiro atoms. The fourth-order valence-corrected chi connectivity index (χ4v) is 4.88. The highest BCUT2D eigenvalue weighted by molar-refractivity contribution is 5.99. The number of anilines is 1. The summed E-state index contributed by atoms with van der Waals surface area (Å²) in [6.07, 6.45) is 9.49. The molecular formula is C24H25FN6O. The van der Waals surface area contributed by atoms with Gasteiger partial charge in [-0.25, -0.2) is 19.3 Å². The maximum Gasteiger partial charge on any atom is 0.256 e. The molecule has 2 aliphatic heterocycles. The molecule has 8 heteroatoms. The normalized spacial score (nSPS) is 22.1. The first-order valence-corrected chi connectivity index (χ1v) is 10.9. The Balaban J connectivity index is 1.45. The monoisotopic (exact) mass is 432 g/mol. The molecule has 2 bridgehead atoms. The van der Waals surface area contributed by atoms with Gasteiger partial charge in [0.2, 0.25) is 0 Å². The van der Waals surface area contributed by atoms with Crippen LogP contribution < -0.4 is 5.32 Å². The van der Waals surface area contributed by atoms with Crippen molar-refractivity contribution in [3.63, 3.8) is 0 Å². The number of aromatic nitrogens is 4. The standard InChI is InChI=1S/C24H25FN6O/c1-14-8-17(21(28-11-14)23-26-6-3-7-27-23)24(32)31-13-16-4-5-20(31)19(10-16)30-22-18(25)9-15(2)12-29-22/h3,6-9,11-12,16,19-20H,4-5,10,13H2,1-2H3,(H,29,30). The van der Waals surface area contributed by atoms with E-state index in [-0.39, 0.29) is 29.6 Å². The second kappa shape index (κ2) is 8.26. The lowest BCUT2D eigenvalue weighted by atomic mass is 9.76. The quantitative estimate of drug-likeness (QED) is 0.675. The van der Waals surface area contributed by atoms with Gasteiger partial charge in [0.05, 0.1) is 11.6 Å². The molecule has 7 nitrogen and oxygen atoms in total. The average Bonchev–Trinajstić information content (AvgIpc) is 2.81. The summed E-state index contributed by atoms with van der Waals surface area (Å²) in [4.78, 5) is 33.0. The van der Waals surface area contributed by atoms with Gasteiger partial charge in [0.15, 0.2) is 17.5 Å². The zero-order valence-electron chi connectivity index (χ0n) is 18.1. The zero-order valence-corrected chi connectivity index (χ0v) is 18.1. The predicted octanol–water partition coefficient (Wildman–Crippen LogP) is 3.79. The zero-order chi connectivity index (χ0) is 22.2. The summed E-state index contributed by atoms with van der Waals surface area (Å²) < 4.78 is 14.4. The minimum atomic E-state index is -0.365. The first-order valence-electron chi connectivity index (χ1n) is 10.9. The molecule has 32 heavy (non-hydrogen) atoms. The molecule has 1 aliphatic carbocycles. The maximum atomic E-state index is 14.4. The number of carbonyl (C=O) groups is 1. The van der Waals surface area contributed by atoms with E-state index in [9.17, 15) is 9.18 Å². The average molecular weight is 433 g/mol. The molecule has 3 aromatic heterocycles. The molecule has 2 saturated heterocycles. The Kier molecular flexibility index (Phi) is 5.28. The van der Waals surface area contributed by atoms with Crippen LogP contribution in [0.2, 0.25) is 0 Å². The van der Waals surface area contributed by atoms with Gasteiger partial charge in [0, 0.05) is 37.4 Å². The maximum absolute atomic E-state index is 14.4. The molecule has 3 fully saturated rings. The summed E-state index contributed by atoms with van der Waals surface area (Å²) in [5.41, 5.74) is 2.66. The van der Waals surface area contributed by atoms with Crippen molar-refractivity contribution in [2.75, 3.05) is 11.9 Å². The van der Waals surface area contributed by atoms with Crippen molar-refractivity contribution >= 4 is 11.7 Å². The second-order valence-electron chi connectivity index (χ2n) is 8.78. The number of piperidine rings is 2. The van der Waals surface area contributed by atoms with Crippen LogP contribution in [0.5, 0.6) is 0 Å². The highest BCUT2D eigenvalue weighted by atomic mass is 19.1. The van der Waals surface area contributed by atoms with Crippen LogP contribution in [0.25, 0.3) is 11.5 Å².